The van der Waals surface area contributed by atoms with Gasteiger partial charge in [-0.15, -0.1) is 0 Å². The van der Waals surface area contributed by atoms with E-state index in [1.165, 1.54) is 244 Å². The first-order chi connectivity index (χ1) is 41.6. The van der Waals surface area contributed by atoms with Gasteiger partial charge in [-0.2, -0.15) is 0 Å². The Balaban J connectivity index is 3.91. The van der Waals surface area contributed by atoms with Crippen molar-refractivity contribution >= 4 is 17.9 Å². The molecule has 1 N–H and O–H groups in total. The Morgan fingerprint density at radius 1 is 0.365 bits per heavy atom. The quantitative estimate of drug-likeness (QED) is 0.0211. The standard InChI is InChI=1S/C76H141NO8/c1-6-8-10-12-14-16-18-20-22-24-26-27-28-29-30-31-32-33-34-35-36-37-38-39-40-41-42-43-44-45-46-47-49-50-52-54-56-58-60-62-64-66-73(78)83-70-72(71-84-76(75(80)81)82-69-68-77(3,4)5)85-74(79)67-65-63-61-59-57-55-53-51-48-25-23-21-19-17-15-13-11-9-7-2/h9,11,15,17,21,23,48,51,72,76H,6-8,10,12-14,16,18-20,22,24-47,49-50,52-71H2,1-5H3/p+1/b11-9-,17-15-,23-21-,51-48-. The van der Waals surface area contributed by atoms with Crippen molar-refractivity contribution in [3.05, 3.63) is 48.6 Å². The number of rotatable bonds is 69. The first-order valence-electron chi connectivity index (χ1n) is 36.8. The summed E-state index contributed by atoms with van der Waals surface area (Å²) in [4.78, 5) is 37.6. The fourth-order valence-corrected chi connectivity index (χ4v) is 11.0. The molecule has 2 atom stereocenters. The lowest BCUT2D eigenvalue weighted by atomic mass is 10.0. The van der Waals surface area contributed by atoms with Crippen LogP contribution in [-0.2, 0) is 33.3 Å². The van der Waals surface area contributed by atoms with Crippen LogP contribution in [0.15, 0.2) is 48.6 Å². The van der Waals surface area contributed by atoms with Crippen LogP contribution < -0.4 is 0 Å². The highest BCUT2D eigenvalue weighted by molar-refractivity contribution is 5.71. The van der Waals surface area contributed by atoms with Crippen molar-refractivity contribution in [2.75, 3.05) is 47.5 Å². The minimum absolute atomic E-state index is 0.185. The van der Waals surface area contributed by atoms with Crippen molar-refractivity contribution in [1.29, 1.82) is 0 Å². The number of hydrogen-bond acceptors (Lipinski definition) is 7. The molecule has 0 aliphatic carbocycles. The molecule has 0 aromatic heterocycles. The van der Waals surface area contributed by atoms with E-state index in [1.807, 2.05) is 21.1 Å². The number of hydrogen-bond donors (Lipinski definition) is 1. The Bertz CT molecular complexity index is 1530. The van der Waals surface area contributed by atoms with Crippen molar-refractivity contribution in [3.63, 3.8) is 0 Å². The minimum Gasteiger partial charge on any atom is -0.477 e. The fourth-order valence-electron chi connectivity index (χ4n) is 11.0. The van der Waals surface area contributed by atoms with E-state index in [0.717, 1.165) is 83.5 Å². The number of quaternary nitrogens is 1. The van der Waals surface area contributed by atoms with Gasteiger partial charge in [0.25, 0.3) is 6.29 Å². The highest BCUT2D eigenvalue weighted by atomic mass is 16.7. The van der Waals surface area contributed by atoms with E-state index in [4.69, 9.17) is 18.9 Å². The summed E-state index contributed by atoms with van der Waals surface area (Å²) in [5, 5.41) is 9.73. The number of carbonyl (C=O) groups excluding carboxylic acids is 2. The van der Waals surface area contributed by atoms with Gasteiger partial charge in [-0.25, -0.2) is 4.79 Å². The molecule has 0 aliphatic rings. The molecule has 9 nitrogen and oxygen atoms in total. The highest BCUT2D eigenvalue weighted by Gasteiger charge is 2.25. The highest BCUT2D eigenvalue weighted by Crippen LogP contribution is 2.19. The van der Waals surface area contributed by atoms with Gasteiger partial charge in [-0.05, 0) is 51.4 Å². The third kappa shape index (κ3) is 68.6. The topological polar surface area (TPSA) is 108 Å². The van der Waals surface area contributed by atoms with E-state index in [0.29, 0.717) is 23.9 Å². The second-order valence-corrected chi connectivity index (χ2v) is 26.2. The van der Waals surface area contributed by atoms with Crippen molar-refractivity contribution in [2.24, 2.45) is 0 Å². The van der Waals surface area contributed by atoms with E-state index < -0.39 is 24.3 Å². The molecule has 0 heterocycles. The third-order valence-corrected chi connectivity index (χ3v) is 16.6. The lowest BCUT2D eigenvalue weighted by Gasteiger charge is -2.25. The molecule has 0 saturated carbocycles. The largest absolute Gasteiger partial charge is 0.477 e. The molecular weight excluding hydrogens is 1050 g/mol. The number of carbonyl (C=O) groups is 3. The predicted octanol–water partition coefficient (Wildman–Crippen LogP) is 22.9. The maximum atomic E-state index is 12.9. The number of unbranched alkanes of at least 4 members (excludes halogenated alkanes) is 46. The van der Waals surface area contributed by atoms with Gasteiger partial charge in [0.15, 0.2) is 6.10 Å². The number of ether oxygens (including phenoxy) is 4. The molecule has 0 rings (SSSR count). The Labute approximate surface area is 527 Å². The summed E-state index contributed by atoms with van der Waals surface area (Å²) < 4.78 is 22.9. The zero-order valence-corrected chi connectivity index (χ0v) is 57.0. The van der Waals surface area contributed by atoms with Crippen LogP contribution in [0, 0.1) is 0 Å². The molecule has 0 amide bonds. The lowest BCUT2D eigenvalue weighted by molar-refractivity contribution is -0.870. The molecule has 0 aliphatic heterocycles. The Kier molecular flexibility index (Phi) is 65.0. The lowest BCUT2D eigenvalue weighted by Crippen LogP contribution is -2.40. The van der Waals surface area contributed by atoms with Gasteiger partial charge in [0.2, 0.25) is 0 Å². The second kappa shape index (κ2) is 67.2. The molecule has 2 unspecified atom stereocenters. The van der Waals surface area contributed by atoms with Crippen LogP contribution in [0.4, 0.5) is 0 Å². The maximum Gasteiger partial charge on any atom is 0.361 e. The van der Waals surface area contributed by atoms with Gasteiger partial charge in [0.05, 0.1) is 34.4 Å². The van der Waals surface area contributed by atoms with Crippen LogP contribution in [0.2, 0.25) is 0 Å². The van der Waals surface area contributed by atoms with E-state index in [1.54, 1.807) is 0 Å². The normalized spacial score (nSPS) is 12.9. The van der Waals surface area contributed by atoms with E-state index in [2.05, 4.69) is 62.5 Å². The van der Waals surface area contributed by atoms with Gasteiger partial charge in [0.1, 0.15) is 13.2 Å². The number of esters is 2. The Hall–Kier alpha value is -2.75. The first-order valence-corrected chi connectivity index (χ1v) is 36.8. The van der Waals surface area contributed by atoms with Gasteiger partial charge in [0, 0.05) is 12.8 Å². The average molecular weight is 1200 g/mol. The zero-order chi connectivity index (χ0) is 61.9. The molecule has 0 aromatic rings. The summed E-state index contributed by atoms with van der Waals surface area (Å²) in [6.45, 7) is 4.80. The summed E-state index contributed by atoms with van der Waals surface area (Å²) >= 11 is 0. The van der Waals surface area contributed by atoms with Crippen LogP contribution in [0.3, 0.4) is 0 Å². The van der Waals surface area contributed by atoms with Crippen molar-refractivity contribution in [2.45, 2.75) is 373 Å². The first kappa shape index (κ1) is 82.2. The van der Waals surface area contributed by atoms with Crippen LogP contribution in [0.1, 0.15) is 361 Å². The van der Waals surface area contributed by atoms with Gasteiger partial charge < -0.3 is 28.5 Å². The van der Waals surface area contributed by atoms with Crippen LogP contribution >= 0.6 is 0 Å². The summed E-state index contributed by atoms with van der Waals surface area (Å²) in [7, 11) is 5.98. The van der Waals surface area contributed by atoms with E-state index in [-0.39, 0.29) is 32.2 Å². The monoisotopic (exact) mass is 1200 g/mol. The van der Waals surface area contributed by atoms with Crippen molar-refractivity contribution in [1.82, 2.24) is 0 Å². The smallest absolute Gasteiger partial charge is 0.361 e. The predicted molar refractivity (Wildman–Crippen MR) is 364 cm³/mol. The SMILES string of the molecule is CC/C=C\C/C=C\C/C=C\C/C=C\CCCCCCCCC(=O)OC(COC(=O)CCCCCCCCCCCCCCCCCCCCCCCCCCCCCCCCCCCCCCCCCCC)COC(OCC[N+](C)(C)C)C(=O)O. The molecule has 0 bridgehead atoms. The number of carboxylic acid groups (broad SMARTS) is 1. The Morgan fingerprint density at radius 3 is 1.00 bits per heavy atom. The number of carboxylic acids is 1. The maximum absolute atomic E-state index is 12.9. The molecule has 85 heavy (non-hydrogen) atoms. The molecule has 0 aromatic carbocycles. The molecule has 0 radical (unpaired) electrons. The van der Waals surface area contributed by atoms with Crippen LogP contribution in [0.25, 0.3) is 0 Å². The Morgan fingerprint density at radius 2 is 0.671 bits per heavy atom. The molecule has 0 saturated heterocycles. The molecular formula is C76H142NO8+. The molecule has 0 fully saturated rings. The average Bonchev–Trinajstić information content (AvgIpc) is 3.48. The number of nitrogens with zero attached hydrogens (tertiary/aromatic N) is 1. The van der Waals surface area contributed by atoms with Crippen molar-refractivity contribution < 1.29 is 42.9 Å². The molecule has 9 heteroatoms. The zero-order valence-electron chi connectivity index (χ0n) is 57.0. The summed E-state index contributed by atoms with van der Waals surface area (Å²) in [5.74, 6) is -2.01. The van der Waals surface area contributed by atoms with Crippen LogP contribution in [0.5, 0.6) is 0 Å². The van der Waals surface area contributed by atoms with Gasteiger partial charge in [-0.3, -0.25) is 9.59 Å². The van der Waals surface area contributed by atoms with Crippen molar-refractivity contribution in [3.8, 4) is 0 Å². The molecule has 0 spiro atoms. The summed E-state index contributed by atoms with van der Waals surface area (Å²) in [6.07, 6.45) is 84.2. The number of aliphatic carboxylic acids is 1. The second-order valence-electron chi connectivity index (χ2n) is 26.2. The number of allylic oxidation sites excluding steroid dienone is 8. The minimum atomic E-state index is -1.52. The van der Waals surface area contributed by atoms with Gasteiger partial charge in [-0.1, -0.05) is 345 Å². The third-order valence-electron chi connectivity index (χ3n) is 16.6. The van der Waals surface area contributed by atoms with E-state index >= 15 is 0 Å². The summed E-state index contributed by atoms with van der Waals surface area (Å²) in [5.41, 5.74) is 0. The van der Waals surface area contributed by atoms with Gasteiger partial charge >= 0.3 is 17.9 Å². The van der Waals surface area contributed by atoms with Crippen LogP contribution in [-0.4, -0.2) is 87.4 Å². The van der Waals surface area contributed by atoms with E-state index in [9.17, 15) is 19.5 Å². The molecule has 498 valence electrons. The number of likely N-dealkylation sites (N-methyl/N-ethyl adjacent to an activating group) is 1. The fraction of sp³-hybridized carbons (Fsp3) is 0.855. The summed E-state index contributed by atoms with van der Waals surface area (Å²) in [6, 6.07) is 0.